The summed E-state index contributed by atoms with van der Waals surface area (Å²) >= 11 is 0. The summed E-state index contributed by atoms with van der Waals surface area (Å²) < 4.78 is 0. The van der Waals surface area contributed by atoms with Gasteiger partial charge in [-0.3, -0.25) is 9.59 Å². The first-order valence-corrected chi connectivity index (χ1v) is 7.73. The van der Waals surface area contributed by atoms with Crippen LogP contribution in [0.5, 0.6) is 0 Å². The number of amides is 2. The minimum Gasteiger partial charge on any atom is -0.355 e. The predicted molar refractivity (Wildman–Crippen MR) is 78.2 cm³/mol. The van der Waals surface area contributed by atoms with Crippen molar-refractivity contribution in [1.82, 2.24) is 15.1 Å². The van der Waals surface area contributed by atoms with Crippen molar-refractivity contribution in [3.05, 3.63) is 0 Å². The van der Waals surface area contributed by atoms with Crippen LogP contribution in [0.25, 0.3) is 0 Å². The van der Waals surface area contributed by atoms with Crippen LogP contribution >= 0.6 is 0 Å². The third kappa shape index (κ3) is 3.72. The number of hydrogen-bond acceptors (Lipinski definition) is 3. The number of piperidine rings is 1. The first-order chi connectivity index (χ1) is 9.47. The fourth-order valence-electron chi connectivity index (χ4n) is 2.99. The summed E-state index contributed by atoms with van der Waals surface area (Å²) in [6.45, 7) is 7.75. The molecule has 0 aromatic carbocycles. The van der Waals surface area contributed by atoms with E-state index in [9.17, 15) is 9.59 Å². The van der Waals surface area contributed by atoms with Crippen LogP contribution in [-0.4, -0.2) is 60.9 Å². The SMILES string of the molecule is CC(C)N(C)CC1CCN(C(=O)C2CNC(=O)C2)CC1. The lowest BCUT2D eigenvalue weighted by atomic mass is 9.94. The Balaban J connectivity index is 1.76. The van der Waals surface area contributed by atoms with Gasteiger partial charge in [-0.15, -0.1) is 0 Å². The van der Waals surface area contributed by atoms with E-state index in [2.05, 4.69) is 31.1 Å². The van der Waals surface area contributed by atoms with Crippen LogP contribution < -0.4 is 5.32 Å². The van der Waals surface area contributed by atoms with Gasteiger partial charge in [-0.2, -0.15) is 0 Å². The second-order valence-corrected chi connectivity index (χ2v) is 6.51. The number of nitrogens with one attached hydrogen (secondary N) is 1. The molecule has 0 radical (unpaired) electrons. The highest BCUT2D eigenvalue weighted by atomic mass is 16.2. The summed E-state index contributed by atoms with van der Waals surface area (Å²) in [6, 6.07) is 0.574. The molecule has 2 aliphatic heterocycles. The van der Waals surface area contributed by atoms with E-state index in [1.54, 1.807) is 0 Å². The Kier molecular flexibility index (Phi) is 5.02. The maximum Gasteiger partial charge on any atom is 0.227 e. The van der Waals surface area contributed by atoms with Gasteiger partial charge < -0.3 is 15.1 Å². The summed E-state index contributed by atoms with van der Waals surface area (Å²) in [5, 5.41) is 2.74. The Morgan fingerprint density at radius 3 is 2.55 bits per heavy atom. The molecular formula is C15H27N3O2. The van der Waals surface area contributed by atoms with Gasteiger partial charge in [0.15, 0.2) is 0 Å². The molecule has 2 heterocycles. The first-order valence-electron chi connectivity index (χ1n) is 7.73. The summed E-state index contributed by atoms with van der Waals surface area (Å²) in [4.78, 5) is 27.8. The number of carbonyl (C=O) groups is 2. The Morgan fingerprint density at radius 2 is 2.05 bits per heavy atom. The fourth-order valence-corrected chi connectivity index (χ4v) is 2.99. The van der Waals surface area contributed by atoms with E-state index in [4.69, 9.17) is 0 Å². The molecule has 2 aliphatic rings. The number of hydrogen-bond donors (Lipinski definition) is 1. The van der Waals surface area contributed by atoms with Crippen LogP contribution in [0.1, 0.15) is 33.1 Å². The predicted octanol–water partition coefficient (Wildman–Crippen LogP) is 0.701. The molecule has 1 N–H and O–H groups in total. The molecule has 0 spiro atoms. The molecule has 1 atom stereocenters. The Hall–Kier alpha value is -1.10. The molecule has 0 aromatic rings. The highest BCUT2D eigenvalue weighted by Crippen LogP contribution is 2.22. The van der Waals surface area contributed by atoms with Gasteiger partial charge in [-0.05, 0) is 39.7 Å². The van der Waals surface area contributed by atoms with Crippen molar-refractivity contribution in [2.75, 3.05) is 33.2 Å². The quantitative estimate of drug-likeness (QED) is 0.825. The van der Waals surface area contributed by atoms with Crippen LogP contribution in [0.4, 0.5) is 0 Å². The molecule has 5 nitrogen and oxygen atoms in total. The van der Waals surface area contributed by atoms with Crippen LogP contribution in [0, 0.1) is 11.8 Å². The van der Waals surface area contributed by atoms with Gasteiger partial charge in [-0.25, -0.2) is 0 Å². The van der Waals surface area contributed by atoms with Crippen LogP contribution in [0.2, 0.25) is 0 Å². The lowest BCUT2D eigenvalue weighted by Crippen LogP contribution is -2.44. The zero-order chi connectivity index (χ0) is 14.7. The average molecular weight is 281 g/mol. The first kappa shape index (κ1) is 15.3. The summed E-state index contributed by atoms with van der Waals surface area (Å²) in [5.41, 5.74) is 0. The summed E-state index contributed by atoms with van der Waals surface area (Å²) in [7, 11) is 2.16. The molecule has 5 heteroatoms. The monoisotopic (exact) mass is 281 g/mol. The van der Waals surface area contributed by atoms with E-state index in [1.165, 1.54) is 0 Å². The van der Waals surface area contributed by atoms with E-state index in [1.807, 2.05) is 4.90 Å². The van der Waals surface area contributed by atoms with Crippen LogP contribution in [-0.2, 0) is 9.59 Å². The van der Waals surface area contributed by atoms with Gasteiger partial charge in [-0.1, -0.05) is 0 Å². The van der Waals surface area contributed by atoms with Crippen molar-refractivity contribution < 1.29 is 9.59 Å². The van der Waals surface area contributed by atoms with Crippen molar-refractivity contribution in [1.29, 1.82) is 0 Å². The van der Waals surface area contributed by atoms with Gasteiger partial charge in [0.2, 0.25) is 11.8 Å². The second kappa shape index (κ2) is 6.57. The highest BCUT2D eigenvalue weighted by molar-refractivity contribution is 5.89. The molecular weight excluding hydrogens is 254 g/mol. The molecule has 2 amide bonds. The Labute approximate surface area is 121 Å². The minimum absolute atomic E-state index is 0.0109. The third-order valence-electron chi connectivity index (χ3n) is 4.68. The lowest BCUT2D eigenvalue weighted by Gasteiger charge is -2.35. The number of carbonyl (C=O) groups excluding carboxylic acids is 2. The molecule has 0 bridgehead atoms. The zero-order valence-electron chi connectivity index (χ0n) is 12.9. The minimum atomic E-state index is -0.127. The normalized spacial score (nSPS) is 24.6. The number of rotatable bonds is 4. The molecule has 0 aromatic heterocycles. The van der Waals surface area contributed by atoms with Crippen molar-refractivity contribution in [3.8, 4) is 0 Å². The largest absolute Gasteiger partial charge is 0.355 e. The van der Waals surface area contributed by atoms with E-state index in [-0.39, 0.29) is 17.7 Å². The van der Waals surface area contributed by atoms with E-state index in [0.29, 0.717) is 24.9 Å². The van der Waals surface area contributed by atoms with Gasteiger partial charge in [0, 0.05) is 38.6 Å². The maximum absolute atomic E-state index is 12.3. The van der Waals surface area contributed by atoms with Crippen molar-refractivity contribution in [3.63, 3.8) is 0 Å². The molecule has 1 unspecified atom stereocenters. The zero-order valence-corrected chi connectivity index (χ0v) is 12.9. The molecule has 0 aliphatic carbocycles. The van der Waals surface area contributed by atoms with Crippen LogP contribution in [0.15, 0.2) is 0 Å². The molecule has 114 valence electrons. The van der Waals surface area contributed by atoms with Gasteiger partial charge in [0.25, 0.3) is 0 Å². The standard InChI is InChI=1S/C15H27N3O2/c1-11(2)17(3)10-12-4-6-18(7-5-12)15(20)13-8-14(19)16-9-13/h11-13H,4-10H2,1-3H3,(H,16,19). The Morgan fingerprint density at radius 1 is 1.40 bits per heavy atom. The lowest BCUT2D eigenvalue weighted by molar-refractivity contribution is -0.137. The van der Waals surface area contributed by atoms with Crippen molar-refractivity contribution >= 4 is 11.8 Å². The average Bonchev–Trinajstić information content (AvgIpc) is 2.85. The molecule has 20 heavy (non-hydrogen) atoms. The summed E-state index contributed by atoms with van der Waals surface area (Å²) in [5.74, 6) is 0.739. The van der Waals surface area contributed by atoms with E-state index >= 15 is 0 Å². The second-order valence-electron chi connectivity index (χ2n) is 6.51. The fraction of sp³-hybridized carbons (Fsp3) is 0.867. The summed E-state index contributed by atoms with van der Waals surface area (Å²) in [6.07, 6.45) is 2.53. The molecule has 2 saturated heterocycles. The molecule has 2 rings (SSSR count). The maximum atomic E-state index is 12.3. The topological polar surface area (TPSA) is 52.6 Å². The molecule has 0 saturated carbocycles. The Bertz CT molecular complexity index is 362. The van der Waals surface area contributed by atoms with Crippen LogP contribution in [0.3, 0.4) is 0 Å². The van der Waals surface area contributed by atoms with Gasteiger partial charge in [0.1, 0.15) is 0 Å². The number of nitrogens with zero attached hydrogens (tertiary/aromatic N) is 2. The van der Waals surface area contributed by atoms with Gasteiger partial charge >= 0.3 is 0 Å². The van der Waals surface area contributed by atoms with E-state index in [0.717, 1.165) is 32.5 Å². The van der Waals surface area contributed by atoms with Gasteiger partial charge in [0.05, 0.1) is 5.92 Å². The third-order valence-corrected chi connectivity index (χ3v) is 4.68. The van der Waals surface area contributed by atoms with Crippen molar-refractivity contribution in [2.45, 2.75) is 39.2 Å². The van der Waals surface area contributed by atoms with E-state index < -0.39 is 0 Å². The molecule has 2 fully saturated rings. The highest BCUT2D eigenvalue weighted by Gasteiger charge is 2.33. The van der Waals surface area contributed by atoms with Crippen molar-refractivity contribution in [2.24, 2.45) is 11.8 Å². The number of likely N-dealkylation sites (tertiary alicyclic amines) is 1. The smallest absolute Gasteiger partial charge is 0.227 e.